The van der Waals surface area contributed by atoms with E-state index in [-0.39, 0.29) is 19.0 Å². The molecule has 1 amide bonds. The average Bonchev–Trinajstić information content (AvgIpc) is 2.38. The van der Waals surface area contributed by atoms with Crippen molar-refractivity contribution in [1.29, 1.82) is 0 Å². The number of benzene rings is 1. The van der Waals surface area contributed by atoms with Gasteiger partial charge >= 0.3 is 5.97 Å². The summed E-state index contributed by atoms with van der Waals surface area (Å²) in [7, 11) is 0. The van der Waals surface area contributed by atoms with E-state index in [0.29, 0.717) is 12.2 Å². The Morgan fingerprint density at radius 2 is 2.21 bits per heavy atom. The lowest BCUT2D eigenvalue weighted by Crippen LogP contribution is -2.40. The standard InChI is InChI=1S/C14H16N2O3/c1-3-19-14(18)10(2)8-16-9-13(17)15-11-6-4-5-7-12(11)16/h4-7H,2-3,8-9H2,1H3,(H,15,17). The van der Waals surface area contributed by atoms with Crippen molar-refractivity contribution in [2.75, 3.05) is 29.9 Å². The normalized spacial score (nSPS) is 13.5. The van der Waals surface area contributed by atoms with Crippen LogP contribution in [0.1, 0.15) is 6.92 Å². The van der Waals surface area contributed by atoms with Gasteiger partial charge in [0.2, 0.25) is 5.91 Å². The number of carbonyl (C=O) groups excluding carboxylic acids is 2. The van der Waals surface area contributed by atoms with Gasteiger partial charge < -0.3 is 15.0 Å². The van der Waals surface area contributed by atoms with E-state index in [1.165, 1.54) is 0 Å². The number of hydrogen-bond donors (Lipinski definition) is 1. The van der Waals surface area contributed by atoms with Crippen molar-refractivity contribution in [1.82, 2.24) is 0 Å². The first-order valence-corrected chi connectivity index (χ1v) is 6.10. The van der Waals surface area contributed by atoms with Crippen molar-refractivity contribution in [3.8, 4) is 0 Å². The molecule has 100 valence electrons. The number of carbonyl (C=O) groups is 2. The first-order chi connectivity index (χ1) is 9.11. The lowest BCUT2D eigenvalue weighted by atomic mass is 10.1. The average molecular weight is 260 g/mol. The number of ether oxygens (including phenoxy) is 1. The predicted molar refractivity (Wildman–Crippen MR) is 73.1 cm³/mol. The fourth-order valence-electron chi connectivity index (χ4n) is 1.97. The summed E-state index contributed by atoms with van der Waals surface area (Å²) in [6, 6.07) is 7.46. The number of anilines is 2. The molecule has 0 aromatic heterocycles. The van der Waals surface area contributed by atoms with Crippen LogP contribution >= 0.6 is 0 Å². The molecule has 0 radical (unpaired) electrons. The molecule has 0 saturated heterocycles. The highest BCUT2D eigenvalue weighted by molar-refractivity contribution is 6.01. The summed E-state index contributed by atoms with van der Waals surface area (Å²) in [5.74, 6) is -0.527. The molecular formula is C14H16N2O3. The number of nitrogens with one attached hydrogen (secondary N) is 1. The molecule has 19 heavy (non-hydrogen) atoms. The van der Waals surface area contributed by atoms with Crippen LogP contribution in [0.2, 0.25) is 0 Å². The lowest BCUT2D eigenvalue weighted by Gasteiger charge is -2.30. The van der Waals surface area contributed by atoms with Gasteiger partial charge in [-0.3, -0.25) is 4.79 Å². The first kappa shape index (κ1) is 13.1. The zero-order valence-electron chi connectivity index (χ0n) is 10.8. The minimum Gasteiger partial charge on any atom is -0.463 e. The number of para-hydroxylation sites is 2. The van der Waals surface area contributed by atoms with Crippen LogP contribution in [0.3, 0.4) is 0 Å². The summed E-state index contributed by atoms with van der Waals surface area (Å²) in [5, 5.41) is 2.79. The van der Waals surface area contributed by atoms with E-state index in [2.05, 4.69) is 11.9 Å². The zero-order chi connectivity index (χ0) is 13.8. The third kappa shape index (κ3) is 2.93. The van der Waals surface area contributed by atoms with Crippen LogP contribution in [0.25, 0.3) is 0 Å². The molecule has 0 saturated carbocycles. The molecule has 0 atom stereocenters. The van der Waals surface area contributed by atoms with Crippen molar-refractivity contribution < 1.29 is 14.3 Å². The fraction of sp³-hybridized carbons (Fsp3) is 0.286. The van der Waals surface area contributed by atoms with E-state index in [4.69, 9.17) is 4.74 Å². The number of nitrogens with zero attached hydrogens (tertiary/aromatic N) is 1. The van der Waals surface area contributed by atoms with Gasteiger partial charge in [0.05, 0.1) is 31.1 Å². The number of hydrogen-bond acceptors (Lipinski definition) is 4. The van der Waals surface area contributed by atoms with Gasteiger partial charge in [-0.2, -0.15) is 0 Å². The second-order valence-corrected chi connectivity index (χ2v) is 4.25. The maximum atomic E-state index is 11.6. The summed E-state index contributed by atoms with van der Waals surface area (Å²) in [6.07, 6.45) is 0. The summed E-state index contributed by atoms with van der Waals surface area (Å²) in [4.78, 5) is 25.0. The topological polar surface area (TPSA) is 58.6 Å². The number of esters is 1. The highest BCUT2D eigenvalue weighted by atomic mass is 16.5. The summed E-state index contributed by atoms with van der Waals surface area (Å²) < 4.78 is 4.89. The molecule has 1 aromatic rings. The van der Waals surface area contributed by atoms with E-state index in [1.54, 1.807) is 6.92 Å². The number of amides is 1. The van der Waals surface area contributed by atoms with Crippen LogP contribution in [-0.2, 0) is 14.3 Å². The lowest BCUT2D eigenvalue weighted by molar-refractivity contribution is -0.138. The highest BCUT2D eigenvalue weighted by Crippen LogP contribution is 2.29. The van der Waals surface area contributed by atoms with E-state index < -0.39 is 5.97 Å². The van der Waals surface area contributed by atoms with E-state index >= 15 is 0 Å². The van der Waals surface area contributed by atoms with Crippen molar-refractivity contribution >= 4 is 23.3 Å². The summed E-state index contributed by atoms with van der Waals surface area (Å²) in [5.41, 5.74) is 1.97. The predicted octanol–water partition coefficient (Wildman–Crippen LogP) is 1.56. The molecule has 5 nitrogen and oxygen atoms in total. The Bertz CT molecular complexity index is 525. The molecule has 0 aliphatic carbocycles. The molecule has 0 fully saturated rings. The molecule has 1 heterocycles. The van der Waals surface area contributed by atoms with Gasteiger partial charge in [-0.25, -0.2) is 4.79 Å². The van der Waals surface area contributed by atoms with E-state index in [1.807, 2.05) is 29.2 Å². The Labute approximate surface area is 111 Å². The van der Waals surface area contributed by atoms with Gasteiger partial charge in [0, 0.05) is 5.57 Å². The Morgan fingerprint density at radius 1 is 1.47 bits per heavy atom. The van der Waals surface area contributed by atoms with Gasteiger partial charge in [-0.15, -0.1) is 0 Å². The fourth-order valence-corrected chi connectivity index (χ4v) is 1.97. The molecule has 1 aliphatic rings. The zero-order valence-corrected chi connectivity index (χ0v) is 10.8. The molecule has 0 bridgehead atoms. The van der Waals surface area contributed by atoms with Gasteiger partial charge in [0.15, 0.2) is 0 Å². The highest BCUT2D eigenvalue weighted by Gasteiger charge is 2.23. The van der Waals surface area contributed by atoms with Crippen molar-refractivity contribution in [3.63, 3.8) is 0 Å². The molecule has 2 rings (SSSR count). The maximum absolute atomic E-state index is 11.6. The van der Waals surface area contributed by atoms with Crippen LogP contribution in [0.4, 0.5) is 11.4 Å². The minimum atomic E-state index is -0.425. The SMILES string of the molecule is C=C(CN1CC(=O)Nc2ccccc21)C(=O)OCC. The monoisotopic (exact) mass is 260 g/mol. The van der Waals surface area contributed by atoms with Crippen molar-refractivity contribution in [2.45, 2.75) is 6.92 Å². The van der Waals surface area contributed by atoms with Crippen LogP contribution in [0.15, 0.2) is 36.4 Å². The van der Waals surface area contributed by atoms with E-state index in [0.717, 1.165) is 11.4 Å². The van der Waals surface area contributed by atoms with Crippen molar-refractivity contribution in [2.24, 2.45) is 0 Å². The quantitative estimate of drug-likeness (QED) is 0.659. The summed E-state index contributed by atoms with van der Waals surface area (Å²) >= 11 is 0. The molecule has 0 unspecified atom stereocenters. The molecule has 0 spiro atoms. The van der Waals surface area contributed by atoms with Gasteiger partial charge in [-0.1, -0.05) is 18.7 Å². The van der Waals surface area contributed by atoms with Crippen LogP contribution in [-0.4, -0.2) is 31.6 Å². The molecular weight excluding hydrogens is 244 g/mol. The Kier molecular flexibility index (Phi) is 3.85. The molecule has 5 heteroatoms. The Balaban J connectivity index is 2.15. The van der Waals surface area contributed by atoms with Crippen LogP contribution < -0.4 is 10.2 Å². The maximum Gasteiger partial charge on any atom is 0.335 e. The Hall–Kier alpha value is -2.30. The minimum absolute atomic E-state index is 0.102. The van der Waals surface area contributed by atoms with Crippen LogP contribution in [0, 0.1) is 0 Å². The van der Waals surface area contributed by atoms with Gasteiger partial charge in [0.25, 0.3) is 0 Å². The summed E-state index contributed by atoms with van der Waals surface area (Å²) in [6.45, 7) is 6.26. The second kappa shape index (κ2) is 5.56. The van der Waals surface area contributed by atoms with Gasteiger partial charge in [0.1, 0.15) is 0 Å². The number of fused-ring (bicyclic) bond motifs is 1. The molecule has 1 N–H and O–H groups in total. The first-order valence-electron chi connectivity index (χ1n) is 6.10. The molecule has 1 aliphatic heterocycles. The molecule has 1 aromatic carbocycles. The smallest absolute Gasteiger partial charge is 0.335 e. The van der Waals surface area contributed by atoms with Crippen LogP contribution in [0.5, 0.6) is 0 Å². The van der Waals surface area contributed by atoms with E-state index in [9.17, 15) is 9.59 Å². The van der Waals surface area contributed by atoms with Crippen molar-refractivity contribution in [3.05, 3.63) is 36.4 Å². The third-order valence-electron chi connectivity index (χ3n) is 2.80. The second-order valence-electron chi connectivity index (χ2n) is 4.25. The Morgan fingerprint density at radius 3 is 2.95 bits per heavy atom. The van der Waals surface area contributed by atoms with Gasteiger partial charge in [-0.05, 0) is 19.1 Å². The largest absolute Gasteiger partial charge is 0.463 e. The number of rotatable bonds is 4. The third-order valence-corrected chi connectivity index (χ3v) is 2.80.